The van der Waals surface area contributed by atoms with Gasteiger partial charge < -0.3 is 0 Å². The molecule has 0 radical (unpaired) electrons. The summed E-state index contributed by atoms with van der Waals surface area (Å²) in [7, 11) is -9.08. The van der Waals surface area contributed by atoms with Crippen molar-refractivity contribution in [2.24, 2.45) is 5.92 Å². The summed E-state index contributed by atoms with van der Waals surface area (Å²) < 4.78 is 157. The van der Waals surface area contributed by atoms with Crippen molar-refractivity contribution < 1.29 is 52.0 Å². The Kier molecular flexibility index (Phi) is 7.03. The van der Waals surface area contributed by atoms with Gasteiger partial charge >= 0.3 is 12.4 Å². The molecule has 0 heterocycles. The summed E-state index contributed by atoms with van der Waals surface area (Å²) in [6, 6.07) is 1.13. The molecule has 0 spiro atoms. The van der Waals surface area contributed by atoms with Crippen molar-refractivity contribution in [3.63, 3.8) is 0 Å². The van der Waals surface area contributed by atoms with Gasteiger partial charge in [-0.15, -0.1) is 0 Å². The van der Waals surface area contributed by atoms with Crippen LogP contribution >= 0.6 is 0 Å². The number of sulfonamides is 1. The smallest absolute Gasteiger partial charge is 0.223 e. The molecule has 1 fully saturated rings. The Bertz CT molecular complexity index is 1380. The molecule has 0 saturated heterocycles. The lowest BCUT2D eigenvalue weighted by Gasteiger charge is -2.44. The Labute approximate surface area is 201 Å². The Balaban J connectivity index is 1.79. The maximum absolute atomic E-state index is 13.8. The van der Waals surface area contributed by atoms with Crippen molar-refractivity contribution in [3.05, 3.63) is 59.2 Å². The number of nitrogens with one attached hydrogen (secondary N) is 1. The summed E-state index contributed by atoms with van der Waals surface area (Å²) in [5, 5.41) is 0. The fraction of sp³-hybridized carbons (Fsp3) is 0.429. The van der Waals surface area contributed by atoms with E-state index in [9.17, 15) is 52.0 Å². The summed E-state index contributed by atoms with van der Waals surface area (Å²) in [4.78, 5) is -1.75. The number of rotatable bonds is 6. The number of halogens is 8. The average Bonchev–Trinajstić information content (AvgIpc) is 2.68. The van der Waals surface area contributed by atoms with Crippen LogP contribution in [-0.2, 0) is 32.2 Å². The first kappa shape index (κ1) is 28.3. The third-order valence-electron chi connectivity index (χ3n) is 6.20. The van der Waals surface area contributed by atoms with Crippen LogP contribution in [0.15, 0.2) is 46.2 Å². The van der Waals surface area contributed by atoms with Crippen molar-refractivity contribution in [3.8, 4) is 0 Å². The Morgan fingerprint density at radius 2 is 1.39 bits per heavy atom. The lowest BCUT2D eigenvalue weighted by Crippen LogP contribution is -2.53. The van der Waals surface area contributed by atoms with Crippen molar-refractivity contribution in [1.29, 1.82) is 0 Å². The highest BCUT2D eigenvalue weighted by molar-refractivity contribution is 7.92. The first-order chi connectivity index (χ1) is 16.2. The normalized spacial score (nSPS) is 19.7. The Morgan fingerprint density at radius 1 is 0.806 bits per heavy atom. The zero-order chi connectivity index (χ0) is 27.5. The van der Waals surface area contributed by atoms with Crippen LogP contribution in [0.5, 0.6) is 0 Å². The van der Waals surface area contributed by atoms with Crippen LogP contribution in [0.25, 0.3) is 0 Å². The number of alkyl halides is 6. The van der Waals surface area contributed by atoms with Gasteiger partial charge in [-0.25, -0.2) is 30.3 Å². The van der Waals surface area contributed by atoms with Gasteiger partial charge in [-0.3, -0.25) is 0 Å². The molecule has 0 atom stereocenters. The van der Waals surface area contributed by atoms with Crippen LogP contribution in [0, 0.1) is 17.6 Å². The van der Waals surface area contributed by atoms with Crippen LogP contribution in [0.1, 0.15) is 37.8 Å². The van der Waals surface area contributed by atoms with E-state index in [0.717, 1.165) is 0 Å². The summed E-state index contributed by atoms with van der Waals surface area (Å²) in [6.45, 7) is 2.40. The largest absolute Gasteiger partial charge is 0.419 e. The lowest BCUT2D eigenvalue weighted by molar-refractivity contribution is -0.140. The molecule has 0 unspecified atom stereocenters. The molecule has 5 nitrogen and oxygen atoms in total. The van der Waals surface area contributed by atoms with Crippen molar-refractivity contribution >= 4 is 19.9 Å². The second-order valence-electron chi connectivity index (χ2n) is 8.91. The molecule has 0 amide bonds. The summed E-state index contributed by atoms with van der Waals surface area (Å²) in [6.07, 6.45) is -10.4. The second-order valence-corrected chi connectivity index (χ2v) is 13.2. The van der Waals surface area contributed by atoms with Gasteiger partial charge in [0.05, 0.1) is 25.7 Å². The first-order valence-electron chi connectivity index (χ1n) is 10.2. The van der Waals surface area contributed by atoms with E-state index >= 15 is 0 Å². The fourth-order valence-electron chi connectivity index (χ4n) is 3.86. The standard InChI is InChI=1S/C21H19F8NO4S2/c1-19(2,35(31,32)16-8-12(20(24,25)26)5-13(22)9-16)11-6-14(7-11)30-36(33,34)15-3-4-18(23)17(10-15)21(27,28)29/h3-5,8-11,14,30H,6-7H2,1-2H3. The molecule has 1 aliphatic carbocycles. The highest BCUT2D eigenvalue weighted by atomic mass is 32.2. The zero-order valence-electron chi connectivity index (χ0n) is 18.5. The number of sulfone groups is 1. The van der Waals surface area contributed by atoms with E-state index in [2.05, 4.69) is 4.72 Å². The maximum atomic E-state index is 13.8. The summed E-state index contributed by atoms with van der Waals surface area (Å²) in [5.41, 5.74) is -3.27. The molecule has 2 aromatic rings. The highest BCUT2D eigenvalue weighted by Gasteiger charge is 2.50. The first-order valence-corrected chi connectivity index (χ1v) is 13.1. The minimum atomic E-state index is -5.14. The van der Waals surface area contributed by atoms with Crippen LogP contribution in [0.4, 0.5) is 35.1 Å². The molecule has 3 rings (SSSR count). The Hall–Kier alpha value is -2.26. The molecule has 1 aliphatic rings. The molecular formula is C21H19F8NO4S2. The van der Waals surface area contributed by atoms with E-state index in [0.29, 0.717) is 24.3 Å². The third-order valence-corrected chi connectivity index (χ3v) is 10.3. The SMILES string of the molecule is CC(C)(C1CC(NS(=O)(=O)c2ccc(F)c(C(F)(F)F)c2)C1)S(=O)(=O)c1cc(F)cc(C(F)(F)F)c1. The molecule has 1 N–H and O–H groups in total. The fourth-order valence-corrected chi connectivity index (χ4v) is 6.94. The van der Waals surface area contributed by atoms with Gasteiger partial charge in [-0.05, 0) is 69.0 Å². The van der Waals surface area contributed by atoms with Crippen LogP contribution < -0.4 is 4.72 Å². The van der Waals surface area contributed by atoms with Gasteiger partial charge in [0.1, 0.15) is 11.6 Å². The van der Waals surface area contributed by atoms with Gasteiger partial charge in [-0.2, -0.15) is 26.3 Å². The van der Waals surface area contributed by atoms with E-state index in [-0.39, 0.29) is 25.0 Å². The quantitative estimate of drug-likeness (QED) is 0.482. The van der Waals surface area contributed by atoms with Gasteiger partial charge in [-0.1, -0.05) is 0 Å². The molecular weight excluding hydrogens is 546 g/mol. The summed E-state index contributed by atoms with van der Waals surface area (Å²) >= 11 is 0. The molecule has 0 aromatic heterocycles. The summed E-state index contributed by atoms with van der Waals surface area (Å²) in [5.74, 6) is -3.86. The lowest BCUT2D eigenvalue weighted by atomic mass is 9.73. The zero-order valence-corrected chi connectivity index (χ0v) is 20.1. The molecule has 15 heteroatoms. The van der Waals surface area contributed by atoms with E-state index in [1.54, 1.807) is 0 Å². The predicted molar refractivity (Wildman–Crippen MR) is 111 cm³/mol. The molecule has 0 bridgehead atoms. The molecule has 0 aliphatic heterocycles. The maximum Gasteiger partial charge on any atom is 0.419 e. The van der Waals surface area contributed by atoms with Crippen LogP contribution in [-0.4, -0.2) is 27.6 Å². The molecule has 2 aromatic carbocycles. The van der Waals surface area contributed by atoms with Gasteiger partial charge in [0, 0.05) is 6.04 Å². The minimum absolute atomic E-state index is 0.125. The van der Waals surface area contributed by atoms with Crippen molar-refractivity contribution in [2.75, 3.05) is 0 Å². The topological polar surface area (TPSA) is 80.3 Å². The van der Waals surface area contributed by atoms with E-state index in [1.165, 1.54) is 13.8 Å². The molecule has 1 saturated carbocycles. The monoisotopic (exact) mass is 565 g/mol. The highest BCUT2D eigenvalue weighted by Crippen LogP contribution is 2.44. The Morgan fingerprint density at radius 3 is 1.92 bits per heavy atom. The van der Waals surface area contributed by atoms with Gasteiger partial charge in [0.15, 0.2) is 9.84 Å². The van der Waals surface area contributed by atoms with Gasteiger partial charge in [0.25, 0.3) is 0 Å². The van der Waals surface area contributed by atoms with Crippen molar-refractivity contribution in [1.82, 2.24) is 4.72 Å². The number of hydrogen-bond acceptors (Lipinski definition) is 4. The molecule has 36 heavy (non-hydrogen) atoms. The minimum Gasteiger partial charge on any atom is -0.223 e. The molecule has 200 valence electrons. The van der Waals surface area contributed by atoms with Crippen LogP contribution in [0.3, 0.4) is 0 Å². The second kappa shape index (κ2) is 8.94. The van der Waals surface area contributed by atoms with E-state index < -0.39 is 81.5 Å². The van der Waals surface area contributed by atoms with E-state index in [1.807, 2.05) is 0 Å². The third kappa shape index (κ3) is 5.37. The van der Waals surface area contributed by atoms with Gasteiger partial charge in [0.2, 0.25) is 10.0 Å². The predicted octanol–water partition coefficient (Wildman–Crippen LogP) is 5.31. The number of hydrogen-bond donors (Lipinski definition) is 1. The van der Waals surface area contributed by atoms with Crippen molar-refractivity contribution in [2.45, 2.75) is 59.6 Å². The number of benzene rings is 2. The van der Waals surface area contributed by atoms with Crippen LogP contribution in [0.2, 0.25) is 0 Å². The van der Waals surface area contributed by atoms with E-state index in [4.69, 9.17) is 0 Å². The average molecular weight is 566 g/mol.